The maximum absolute atomic E-state index is 13.0. The molecule has 0 saturated carbocycles. The third-order valence-electron chi connectivity index (χ3n) is 3.73. The van der Waals surface area contributed by atoms with Crippen molar-refractivity contribution < 1.29 is 23.2 Å². The lowest BCUT2D eigenvalue weighted by Crippen LogP contribution is -2.31. The van der Waals surface area contributed by atoms with Crippen LogP contribution in [0.5, 0.6) is 0 Å². The van der Waals surface area contributed by atoms with E-state index >= 15 is 0 Å². The summed E-state index contributed by atoms with van der Waals surface area (Å²) in [6.07, 6.45) is -0.0231. The van der Waals surface area contributed by atoms with Crippen LogP contribution in [0.3, 0.4) is 0 Å². The van der Waals surface area contributed by atoms with Gasteiger partial charge in [-0.15, -0.1) is 11.8 Å². The fourth-order valence-electron chi connectivity index (χ4n) is 2.50. The predicted octanol–water partition coefficient (Wildman–Crippen LogP) is 2.97. The molecule has 2 aromatic rings. The van der Waals surface area contributed by atoms with Crippen molar-refractivity contribution in [3.63, 3.8) is 0 Å². The zero-order valence-corrected chi connectivity index (χ0v) is 14.3. The van der Waals surface area contributed by atoms with Gasteiger partial charge in [0.15, 0.2) is 0 Å². The maximum atomic E-state index is 13.0. The molecular weight excluding hydrogens is 362 g/mol. The minimum absolute atomic E-state index is 0.0231. The van der Waals surface area contributed by atoms with Crippen LogP contribution in [-0.4, -0.2) is 28.7 Å². The van der Waals surface area contributed by atoms with Crippen LogP contribution in [0.25, 0.3) is 0 Å². The lowest BCUT2D eigenvalue weighted by molar-refractivity contribution is -0.121. The monoisotopic (exact) mass is 376 g/mol. The summed E-state index contributed by atoms with van der Waals surface area (Å²) >= 11 is 1.06. The van der Waals surface area contributed by atoms with E-state index in [-0.39, 0.29) is 18.1 Å². The molecule has 134 valence electrons. The van der Waals surface area contributed by atoms with E-state index in [1.165, 1.54) is 48.5 Å². The van der Waals surface area contributed by atoms with E-state index in [0.717, 1.165) is 16.7 Å². The lowest BCUT2D eigenvalue weighted by atomic mass is 10.3. The molecule has 1 saturated heterocycles. The molecule has 8 heteroatoms. The number of carbonyl (C=O) groups is 3. The molecule has 1 fully saturated rings. The standard InChI is InChI=1S/C18H14F2N2O3S/c19-11-1-5-13(6-2-11)21-16(23)10-26-15-9-17(24)22(18(15)25)14-7-3-12(20)4-8-14/h1-8,15H,9-10H2,(H,21,23)/t15-/m1/s1. The van der Waals surface area contributed by atoms with E-state index in [2.05, 4.69) is 5.32 Å². The third kappa shape index (κ3) is 4.08. The molecule has 3 amide bonds. The molecule has 3 rings (SSSR count). The molecule has 0 spiro atoms. The molecule has 5 nitrogen and oxygen atoms in total. The molecule has 1 N–H and O–H groups in total. The van der Waals surface area contributed by atoms with Crippen molar-refractivity contribution in [3.8, 4) is 0 Å². The number of imide groups is 1. The van der Waals surface area contributed by atoms with Crippen molar-refractivity contribution in [3.05, 3.63) is 60.2 Å². The van der Waals surface area contributed by atoms with E-state index in [0.29, 0.717) is 11.4 Å². The lowest BCUT2D eigenvalue weighted by Gasteiger charge is -2.14. The Morgan fingerprint density at radius 2 is 1.62 bits per heavy atom. The van der Waals surface area contributed by atoms with Gasteiger partial charge in [0.25, 0.3) is 0 Å². The summed E-state index contributed by atoms with van der Waals surface area (Å²) in [6.45, 7) is 0. The normalized spacial score (nSPS) is 16.8. The van der Waals surface area contributed by atoms with Gasteiger partial charge in [-0.1, -0.05) is 0 Å². The number of nitrogens with one attached hydrogen (secondary N) is 1. The van der Waals surface area contributed by atoms with Crippen molar-refractivity contribution >= 4 is 40.9 Å². The average molecular weight is 376 g/mol. The smallest absolute Gasteiger partial charge is 0.247 e. The number of hydrogen-bond donors (Lipinski definition) is 1. The Morgan fingerprint density at radius 3 is 2.23 bits per heavy atom. The highest BCUT2D eigenvalue weighted by Crippen LogP contribution is 2.29. The first-order chi connectivity index (χ1) is 12.4. The number of nitrogens with zero attached hydrogens (tertiary/aromatic N) is 1. The summed E-state index contributed by atoms with van der Waals surface area (Å²) in [7, 11) is 0. The summed E-state index contributed by atoms with van der Waals surface area (Å²) in [4.78, 5) is 37.5. The molecule has 1 aliphatic heterocycles. The van der Waals surface area contributed by atoms with Crippen LogP contribution in [-0.2, 0) is 14.4 Å². The van der Waals surface area contributed by atoms with Crippen LogP contribution in [0.1, 0.15) is 6.42 Å². The molecule has 0 unspecified atom stereocenters. The number of benzene rings is 2. The zero-order valence-electron chi connectivity index (χ0n) is 13.4. The summed E-state index contributed by atoms with van der Waals surface area (Å²) in [5.41, 5.74) is 0.749. The number of halogens is 2. The number of amides is 3. The maximum Gasteiger partial charge on any atom is 0.247 e. The Kier molecular flexibility index (Phi) is 5.32. The van der Waals surface area contributed by atoms with Gasteiger partial charge in [-0.2, -0.15) is 0 Å². The zero-order chi connectivity index (χ0) is 18.7. The first kappa shape index (κ1) is 18.1. The highest BCUT2D eigenvalue weighted by atomic mass is 32.2. The number of anilines is 2. The van der Waals surface area contributed by atoms with Gasteiger partial charge in [-0.3, -0.25) is 14.4 Å². The predicted molar refractivity (Wildman–Crippen MR) is 94.8 cm³/mol. The minimum atomic E-state index is -0.675. The van der Waals surface area contributed by atoms with Gasteiger partial charge in [0.05, 0.1) is 16.7 Å². The minimum Gasteiger partial charge on any atom is -0.325 e. The topological polar surface area (TPSA) is 66.5 Å². The number of hydrogen-bond acceptors (Lipinski definition) is 4. The van der Waals surface area contributed by atoms with Crippen LogP contribution < -0.4 is 10.2 Å². The second-order valence-corrected chi connectivity index (χ2v) is 6.79. The Morgan fingerprint density at radius 1 is 1.04 bits per heavy atom. The molecule has 1 aliphatic rings. The Bertz CT molecular complexity index is 841. The summed E-state index contributed by atoms with van der Waals surface area (Å²) in [6, 6.07) is 10.4. The van der Waals surface area contributed by atoms with Crippen molar-refractivity contribution in [2.45, 2.75) is 11.7 Å². The van der Waals surface area contributed by atoms with Crippen LogP contribution in [0.2, 0.25) is 0 Å². The van der Waals surface area contributed by atoms with Crippen molar-refractivity contribution in [1.29, 1.82) is 0 Å². The molecule has 0 bridgehead atoms. The highest BCUT2D eigenvalue weighted by Gasteiger charge is 2.40. The quantitative estimate of drug-likeness (QED) is 0.815. The van der Waals surface area contributed by atoms with Crippen molar-refractivity contribution in [1.82, 2.24) is 0 Å². The van der Waals surface area contributed by atoms with E-state index in [4.69, 9.17) is 0 Å². The third-order valence-corrected chi connectivity index (χ3v) is 4.93. The SMILES string of the molecule is O=C(CS[C@@H]1CC(=O)N(c2ccc(F)cc2)C1=O)Nc1ccc(F)cc1. The molecule has 0 radical (unpaired) electrons. The number of carbonyl (C=O) groups excluding carboxylic acids is 3. The van der Waals surface area contributed by atoms with E-state index < -0.39 is 28.7 Å². The van der Waals surface area contributed by atoms with E-state index in [1.54, 1.807) is 0 Å². The molecule has 1 atom stereocenters. The fourth-order valence-corrected chi connectivity index (χ4v) is 3.44. The highest BCUT2D eigenvalue weighted by molar-refractivity contribution is 8.01. The van der Waals surface area contributed by atoms with Crippen LogP contribution >= 0.6 is 11.8 Å². The van der Waals surface area contributed by atoms with Gasteiger partial charge in [0.2, 0.25) is 17.7 Å². The van der Waals surface area contributed by atoms with Crippen LogP contribution in [0.15, 0.2) is 48.5 Å². The van der Waals surface area contributed by atoms with Gasteiger partial charge < -0.3 is 5.32 Å². The second-order valence-electron chi connectivity index (χ2n) is 5.60. The second kappa shape index (κ2) is 7.65. The van der Waals surface area contributed by atoms with Gasteiger partial charge >= 0.3 is 0 Å². The number of thioether (sulfide) groups is 1. The summed E-state index contributed by atoms with van der Waals surface area (Å²) < 4.78 is 25.8. The summed E-state index contributed by atoms with van der Waals surface area (Å²) in [5.74, 6) is -2.08. The molecule has 0 aromatic heterocycles. The van der Waals surface area contributed by atoms with Gasteiger partial charge in [-0.05, 0) is 48.5 Å². The number of rotatable bonds is 5. The van der Waals surface area contributed by atoms with Gasteiger partial charge in [-0.25, -0.2) is 13.7 Å². The van der Waals surface area contributed by atoms with E-state index in [1.807, 2.05) is 0 Å². The van der Waals surface area contributed by atoms with Crippen molar-refractivity contribution in [2.24, 2.45) is 0 Å². The summed E-state index contributed by atoms with van der Waals surface area (Å²) in [5, 5.41) is 1.92. The first-order valence-electron chi connectivity index (χ1n) is 7.73. The van der Waals surface area contributed by atoms with Crippen LogP contribution in [0, 0.1) is 11.6 Å². The largest absolute Gasteiger partial charge is 0.325 e. The molecule has 2 aromatic carbocycles. The Hall–Kier alpha value is -2.74. The van der Waals surface area contributed by atoms with Crippen LogP contribution in [0.4, 0.5) is 20.2 Å². The van der Waals surface area contributed by atoms with Crippen molar-refractivity contribution in [2.75, 3.05) is 16.0 Å². The molecule has 1 heterocycles. The van der Waals surface area contributed by atoms with Gasteiger partial charge in [0.1, 0.15) is 11.6 Å². The Labute approximate surface area is 152 Å². The molecular formula is C18H14F2N2O3S. The Balaban J connectivity index is 1.57. The molecule has 26 heavy (non-hydrogen) atoms. The molecule has 0 aliphatic carbocycles. The van der Waals surface area contributed by atoms with Gasteiger partial charge in [0, 0.05) is 12.1 Å². The first-order valence-corrected chi connectivity index (χ1v) is 8.78. The fraction of sp³-hybridized carbons (Fsp3) is 0.167. The average Bonchev–Trinajstić information content (AvgIpc) is 2.90. The van der Waals surface area contributed by atoms with E-state index in [9.17, 15) is 23.2 Å².